The van der Waals surface area contributed by atoms with Crippen molar-refractivity contribution in [2.24, 2.45) is 11.1 Å². The van der Waals surface area contributed by atoms with Gasteiger partial charge in [0.25, 0.3) is 0 Å². The summed E-state index contributed by atoms with van der Waals surface area (Å²) in [7, 11) is -1.70. The van der Waals surface area contributed by atoms with Gasteiger partial charge in [0.2, 0.25) is 11.8 Å². The molecule has 0 aliphatic heterocycles. The highest BCUT2D eigenvalue weighted by molar-refractivity contribution is 7.53. The number of carbonyl (C=O) groups is 2. The highest BCUT2D eigenvalue weighted by Gasteiger charge is 2.57. The Kier molecular flexibility index (Phi) is 11.7. The van der Waals surface area contributed by atoms with E-state index in [2.05, 4.69) is 10.3 Å². The van der Waals surface area contributed by atoms with Gasteiger partial charge in [-0.3, -0.25) is 24.0 Å². The molecule has 1 heterocycles. The van der Waals surface area contributed by atoms with Crippen LogP contribution < -0.4 is 30.2 Å². The molecule has 3 N–H and O–H groups in total. The Hall–Kier alpha value is -4.62. The summed E-state index contributed by atoms with van der Waals surface area (Å²) in [6, 6.07) is 13.9. The number of hydrogen-bond acceptors (Lipinski definition) is 10. The standard InChI is InChI=1S/C35H39F2N4O8P/c1-4-47-50(44,48-5-2)22-39-16-6-18-46-32-21-28-26(20-31(32)45-3)29(13-17-40-28)49-30-12-11-25(19-27(30)37)41(24-9-7-23(36)8-10-24)34(43)35(14-15-35)33(38)42/h7-13,17,19-21,39H,4-6,14-16,18,22H2,1-3H3,(H2,38,42). The van der Waals surface area contributed by atoms with Gasteiger partial charge < -0.3 is 34.3 Å². The third kappa shape index (κ3) is 8.22. The minimum atomic E-state index is -3.19. The summed E-state index contributed by atoms with van der Waals surface area (Å²) < 4.78 is 70.1. The number of nitrogens with two attached hydrogens (primary N) is 1. The van der Waals surface area contributed by atoms with Gasteiger partial charge in [-0.1, -0.05) is 0 Å². The summed E-state index contributed by atoms with van der Waals surface area (Å²) in [5, 5.41) is 3.60. The molecule has 12 nitrogen and oxygen atoms in total. The van der Waals surface area contributed by atoms with Crippen LogP contribution in [0.25, 0.3) is 10.9 Å². The second kappa shape index (κ2) is 15.9. The second-order valence-electron chi connectivity index (χ2n) is 11.4. The predicted octanol–water partition coefficient (Wildman–Crippen LogP) is 6.83. The Morgan fingerprint density at radius 1 is 0.940 bits per heavy atom. The number of ether oxygens (including phenoxy) is 3. The van der Waals surface area contributed by atoms with Gasteiger partial charge in [0.05, 0.1) is 44.4 Å². The van der Waals surface area contributed by atoms with Crippen LogP contribution in [0.2, 0.25) is 0 Å². The highest BCUT2D eigenvalue weighted by atomic mass is 31.2. The van der Waals surface area contributed by atoms with Crippen LogP contribution in [0.15, 0.2) is 66.9 Å². The number of benzene rings is 3. The van der Waals surface area contributed by atoms with E-state index in [0.717, 1.165) is 23.1 Å². The van der Waals surface area contributed by atoms with Crippen molar-refractivity contribution in [3.05, 3.63) is 78.5 Å². The molecule has 4 aromatic rings. The fourth-order valence-electron chi connectivity index (χ4n) is 5.32. The predicted molar refractivity (Wildman–Crippen MR) is 183 cm³/mol. The number of nitrogens with zero attached hydrogens (tertiary/aromatic N) is 2. The number of anilines is 2. The molecule has 2 amide bonds. The monoisotopic (exact) mass is 712 g/mol. The topological polar surface area (TPSA) is 152 Å². The molecule has 1 aromatic heterocycles. The number of pyridine rings is 1. The normalized spacial score (nSPS) is 13.5. The van der Waals surface area contributed by atoms with E-state index in [0.29, 0.717) is 42.0 Å². The summed E-state index contributed by atoms with van der Waals surface area (Å²) in [5.41, 5.74) is 4.99. The molecule has 0 unspecified atom stereocenters. The lowest BCUT2D eigenvalue weighted by Crippen LogP contribution is -2.41. The average molecular weight is 713 g/mol. The first-order valence-corrected chi connectivity index (χ1v) is 17.8. The second-order valence-corrected chi connectivity index (χ2v) is 13.5. The van der Waals surface area contributed by atoms with E-state index < -0.39 is 36.5 Å². The van der Waals surface area contributed by atoms with E-state index in [4.69, 9.17) is 29.0 Å². The van der Waals surface area contributed by atoms with Crippen LogP contribution in [0.4, 0.5) is 20.2 Å². The van der Waals surface area contributed by atoms with E-state index in [1.54, 1.807) is 32.0 Å². The number of methoxy groups -OCH3 is 1. The maximum atomic E-state index is 15.7. The zero-order valence-corrected chi connectivity index (χ0v) is 28.8. The van der Waals surface area contributed by atoms with Gasteiger partial charge in [-0.2, -0.15) is 0 Å². The molecule has 1 fully saturated rings. The number of amides is 2. The molecule has 266 valence electrons. The molecular formula is C35H39F2N4O8P. The number of fused-ring (bicyclic) bond motifs is 1. The summed E-state index contributed by atoms with van der Waals surface area (Å²) >= 11 is 0. The largest absolute Gasteiger partial charge is 0.493 e. The van der Waals surface area contributed by atoms with Crippen molar-refractivity contribution in [3.63, 3.8) is 0 Å². The summed E-state index contributed by atoms with van der Waals surface area (Å²) in [6.45, 7) is 4.89. The molecular weight excluding hydrogens is 673 g/mol. The molecule has 1 aliphatic rings. The smallest absolute Gasteiger partial charge is 0.344 e. The number of primary amides is 1. The summed E-state index contributed by atoms with van der Waals surface area (Å²) in [5.74, 6) is -1.75. The first kappa shape index (κ1) is 36.7. The molecule has 0 bridgehead atoms. The molecule has 5 rings (SSSR count). The number of carbonyl (C=O) groups excluding carboxylic acids is 2. The third-order valence-electron chi connectivity index (χ3n) is 8.01. The van der Waals surface area contributed by atoms with Gasteiger partial charge in [-0.05, 0) is 88.2 Å². The Labute approximate surface area is 288 Å². The number of aromatic nitrogens is 1. The Balaban J connectivity index is 1.31. The zero-order valence-electron chi connectivity index (χ0n) is 27.9. The van der Waals surface area contributed by atoms with E-state index in [-0.39, 0.29) is 55.2 Å². The van der Waals surface area contributed by atoms with Crippen LogP contribution in [0.5, 0.6) is 23.0 Å². The van der Waals surface area contributed by atoms with Crippen molar-refractivity contribution in [3.8, 4) is 23.0 Å². The lowest BCUT2D eigenvalue weighted by molar-refractivity contribution is -0.133. The third-order valence-corrected chi connectivity index (χ3v) is 9.93. The Morgan fingerprint density at radius 3 is 2.26 bits per heavy atom. The van der Waals surface area contributed by atoms with Crippen LogP contribution in [0.1, 0.15) is 33.1 Å². The van der Waals surface area contributed by atoms with E-state index in [1.807, 2.05) is 0 Å². The van der Waals surface area contributed by atoms with Crippen molar-refractivity contribution in [2.75, 3.05) is 44.7 Å². The fraction of sp³-hybridized carbons (Fsp3) is 0.343. The SMILES string of the molecule is CCOP(=O)(CNCCCOc1cc2nccc(Oc3ccc(N(C(=O)C4(C(N)=O)CC4)c4ccc(F)cc4)cc3F)c2cc1OC)OCC. The van der Waals surface area contributed by atoms with Gasteiger partial charge in [-0.15, -0.1) is 0 Å². The van der Waals surface area contributed by atoms with Gasteiger partial charge in [-0.25, -0.2) is 8.78 Å². The first-order chi connectivity index (χ1) is 24.0. The van der Waals surface area contributed by atoms with Crippen molar-refractivity contribution in [1.29, 1.82) is 0 Å². The van der Waals surface area contributed by atoms with Crippen LogP contribution in [-0.2, 0) is 23.2 Å². The molecule has 15 heteroatoms. The molecule has 0 saturated heterocycles. The van der Waals surface area contributed by atoms with Crippen LogP contribution in [0, 0.1) is 17.0 Å². The van der Waals surface area contributed by atoms with Gasteiger partial charge >= 0.3 is 7.60 Å². The molecule has 1 aliphatic carbocycles. The number of halogens is 2. The van der Waals surface area contributed by atoms with Crippen molar-refractivity contribution in [1.82, 2.24) is 10.3 Å². The van der Waals surface area contributed by atoms with Crippen LogP contribution >= 0.6 is 7.60 Å². The van der Waals surface area contributed by atoms with Crippen LogP contribution in [0.3, 0.4) is 0 Å². The molecule has 50 heavy (non-hydrogen) atoms. The van der Waals surface area contributed by atoms with E-state index in [1.165, 1.54) is 37.6 Å². The van der Waals surface area contributed by atoms with Crippen LogP contribution in [-0.4, -0.2) is 56.6 Å². The molecule has 0 radical (unpaired) electrons. The average Bonchev–Trinajstić information content (AvgIpc) is 3.91. The highest BCUT2D eigenvalue weighted by Crippen LogP contribution is 2.49. The lowest BCUT2D eigenvalue weighted by Gasteiger charge is -2.26. The summed E-state index contributed by atoms with van der Waals surface area (Å²) in [6.07, 6.45) is 2.70. The van der Waals surface area contributed by atoms with Gasteiger partial charge in [0.15, 0.2) is 23.1 Å². The molecule has 0 atom stereocenters. The molecule has 0 spiro atoms. The van der Waals surface area contributed by atoms with Gasteiger partial charge in [0.1, 0.15) is 17.0 Å². The number of rotatable bonds is 18. The zero-order chi connectivity index (χ0) is 35.9. The molecule has 1 saturated carbocycles. The Morgan fingerprint density at radius 2 is 1.64 bits per heavy atom. The van der Waals surface area contributed by atoms with Crippen molar-refractivity contribution in [2.45, 2.75) is 33.1 Å². The quantitative estimate of drug-likeness (QED) is 0.0639. The van der Waals surface area contributed by atoms with Crippen molar-refractivity contribution >= 4 is 41.7 Å². The Bertz CT molecular complexity index is 1880. The van der Waals surface area contributed by atoms with E-state index >= 15 is 4.39 Å². The van der Waals surface area contributed by atoms with Gasteiger partial charge in [0, 0.05) is 29.4 Å². The number of nitrogens with one attached hydrogen (secondary N) is 1. The maximum Gasteiger partial charge on any atom is 0.344 e. The fourth-order valence-corrected chi connectivity index (χ4v) is 6.79. The minimum Gasteiger partial charge on any atom is -0.493 e. The summed E-state index contributed by atoms with van der Waals surface area (Å²) in [4.78, 5) is 31.3. The molecule has 3 aromatic carbocycles. The van der Waals surface area contributed by atoms with E-state index in [9.17, 15) is 18.5 Å². The maximum absolute atomic E-state index is 15.7. The first-order valence-electron chi connectivity index (χ1n) is 16.1. The lowest BCUT2D eigenvalue weighted by atomic mass is 10.0. The minimum absolute atomic E-state index is 0.0879. The van der Waals surface area contributed by atoms with Crippen molar-refractivity contribution < 1.29 is 46.2 Å². The number of hydrogen-bond donors (Lipinski definition) is 2.